The molecule has 0 radical (unpaired) electrons. The number of aryl methyl sites for hydroxylation is 1. The van der Waals surface area contributed by atoms with Crippen LogP contribution in [0.2, 0.25) is 0 Å². The van der Waals surface area contributed by atoms with Crippen molar-refractivity contribution >= 4 is 38.9 Å². The van der Waals surface area contributed by atoms with Gasteiger partial charge in [0.25, 0.3) is 0 Å². The first-order valence-electron chi connectivity index (χ1n) is 7.95. The van der Waals surface area contributed by atoms with Crippen LogP contribution >= 0.6 is 11.3 Å². The monoisotopic (exact) mass is 337 g/mol. The fourth-order valence-corrected chi connectivity index (χ4v) is 4.22. The minimum absolute atomic E-state index is 0.220. The summed E-state index contributed by atoms with van der Waals surface area (Å²) < 4.78 is 0. The molecule has 0 aliphatic carbocycles. The normalized spacial score (nSPS) is 14.8. The summed E-state index contributed by atoms with van der Waals surface area (Å²) in [5.74, 6) is 0.661. The van der Waals surface area contributed by atoms with E-state index in [4.69, 9.17) is 11.5 Å². The van der Waals surface area contributed by atoms with Crippen LogP contribution in [0, 0.1) is 6.92 Å². The Morgan fingerprint density at radius 1 is 1.17 bits per heavy atom. The van der Waals surface area contributed by atoms with E-state index in [9.17, 15) is 0 Å². The van der Waals surface area contributed by atoms with Gasteiger partial charge in [0.15, 0.2) is 0 Å². The Balaban J connectivity index is 1.81. The Labute approximate surface area is 144 Å². The molecule has 6 heteroatoms. The number of hydrogen-bond donors (Lipinski definition) is 3. The molecule has 0 fully saturated rings. The Morgan fingerprint density at radius 3 is 2.79 bits per heavy atom. The van der Waals surface area contributed by atoms with Crippen molar-refractivity contribution in [3.63, 3.8) is 0 Å². The number of benzene rings is 1. The van der Waals surface area contributed by atoms with Gasteiger partial charge in [-0.3, -0.25) is 0 Å². The lowest BCUT2D eigenvalue weighted by Gasteiger charge is -2.17. The molecule has 0 atom stereocenters. The number of rotatable bonds is 2. The van der Waals surface area contributed by atoms with E-state index in [1.807, 2.05) is 0 Å². The highest BCUT2D eigenvalue weighted by molar-refractivity contribution is 7.17. The molecule has 24 heavy (non-hydrogen) atoms. The summed E-state index contributed by atoms with van der Waals surface area (Å²) >= 11 is 1.54. The van der Waals surface area contributed by atoms with E-state index in [1.54, 1.807) is 11.3 Å². The maximum absolute atomic E-state index is 6.08. The van der Waals surface area contributed by atoms with E-state index in [-0.39, 0.29) is 5.95 Å². The van der Waals surface area contributed by atoms with E-state index in [1.165, 1.54) is 16.7 Å². The average Bonchev–Trinajstić information content (AvgIpc) is 2.99. The van der Waals surface area contributed by atoms with Crippen LogP contribution in [0.15, 0.2) is 29.7 Å². The zero-order valence-electron chi connectivity index (χ0n) is 13.5. The quantitative estimate of drug-likeness (QED) is 0.668. The van der Waals surface area contributed by atoms with Crippen molar-refractivity contribution in [1.82, 2.24) is 15.3 Å². The number of thiophene rings is 1. The molecule has 3 aromatic rings. The van der Waals surface area contributed by atoms with Gasteiger partial charge in [-0.05, 0) is 42.2 Å². The molecular weight excluding hydrogens is 318 g/mol. The average molecular weight is 337 g/mol. The standard InChI is InChI=1S/C18H19N5S/c1-10-8-12(2-3-13(10)11-4-6-21-7-5-11)14-9-24-17-15(14)16(19)22-18(20)23-17/h2-4,8-9,21H,5-7H2,1H3,(H4,19,20,22,23). The SMILES string of the molecule is Cc1cc(-c2csc3nc(N)nc(N)c23)ccc1C1=CCNCC1. The molecule has 1 aliphatic heterocycles. The van der Waals surface area contributed by atoms with Crippen LogP contribution in [0.5, 0.6) is 0 Å². The van der Waals surface area contributed by atoms with Crippen LogP contribution in [0.4, 0.5) is 11.8 Å². The molecule has 4 rings (SSSR count). The first-order chi connectivity index (χ1) is 11.6. The molecule has 5 N–H and O–H groups in total. The highest BCUT2D eigenvalue weighted by atomic mass is 32.1. The maximum Gasteiger partial charge on any atom is 0.223 e. The van der Waals surface area contributed by atoms with Crippen molar-refractivity contribution in [3.8, 4) is 11.1 Å². The van der Waals surface area contributed by atoms with Gasteiger partial charge in [0.05, 0.1) is 5.39 Å². The molecule has 0 amide bonds. The van der Waals surface area contributed by atoms with Crippen molar-refractivity contribution in [2.24, 2.45) is 0 Å². The van der Waals surface area contributed by atoms with Gasteiger partial charge in [0, 0.05) is 17.5 Å². The second-order valence-corrected chi connectivity index (χ2v) is 6.87. The van der Waals surface area contributed by atoms with Gasteiger partial charge in [0.2, 0.25) is 5.95 Å². The summed E-state index contributed by atoms with van der Waals surface area (Å²) in [5, 5.41) is 6.32. The number of nitrogen functional groups attached to an aromatic ring is 2. The fraction of sp³-hybridized carbons (Fsp3) is 0.222. The van der Waals surface area contributed by atoms with Crippen molar-refractivity contribution in [3.05, 3.63) is 40.8 Å². The molecule has 0 bridgehead atoms. The number of aromatic nitrogens is 2. The number of nitrogens with one attached hydrogen (secondary N) is 1. The Kier molecular flexibility index (Phi) is 3.70. The van der Waals surface area contributed by atoms with Gasteiger partial charge in [-0.25, -0.2) is 4.98 Å². The van der Waals surface area contributed by atoms with Gasteiger partial charge in [0.1, 0.15) is 10.6 Å². The third-order valence-corrected chi connectivity index (χ3v) is 5.30. The minimum atomic E-state index is 0.220. The van der Waals surface area contributed by atoms with E-state index in [0.29, 0.717) is 5.82 Å². The van der Waals surface area contributed by atoms with E-state index < -0.39 is 0 Å². The third-order valence-electron chi connectivity index (χ3n) is 4.43. The van der Waals surface area contributed by atoms with Gasteiger partial charge in [-0.2, -0.15) is 4.98 Å². The zero-order chi connectivity index (χ0) is 16.7. The van der Waals surface area contributed by atoms with Gasteiger partial charge < -0.3 is 16.8 Å². The first-order valence-corrected chi connectivity index (χ1v) is 8.83. The lowest BCUT2D eigenvalue weighted by atomic mass is 9.93. The molecule has 1 aromatic carbocycles. The van der Waals surface area contributed by atoms with Crippen molar-refractivity contribution in [2.75, 3.05) is 24.6 Å². The molecule has 3 heterocycles. The van der Waals surface area contributed by atoms with Crippen LogP contribution in [-0.2, 0) is 0 Å². The summed E-state index contributed by atoms with van der Waals surface area (Å²) in [6.07, 6.45) is 3.35. The smallest absolute Gasteiger partial charge is 0.223 e. The van der Waals surface area contributed by atoms with E-state index in [0.717, 1.165) is 40.9 Å². The van der Waals surface area contributed by atoms with E-state index in [2.05, 4.69) is 51.9 Å². The number of nitrogens with zero attached hydrogens (tertiary/aromatic N) is 2. The molecule has 0 unspecified atom stereocenters. The number of fused-ring (bicyclic) bond motifs is 1. The summed E-state index contributed by atoms with van der Waals surface area (Å²) in [6, 6.07) is 6.58. The Morgan fingerprint density at radius 2 is 2.04 bits per heavy atom. The molecule has 122 valence electrons. The molecule has 0 saturated heterocycles. The van der Waals surface area contributed by atoms with Crippen molar-refractivity contribution in [1.29, 1.82) is 0 Å². The second-order valence-electron chi connectivity index (χ2n) is 6.01. The number of anilines is 2. The van der Waals surface area contributed by atoms with E-state index >= 15 is 0 Å². The van der Waals surface area contributed by atoms with Crippen molar-refractivity contribution < 1.29 is 0 Å². The lowest BCUT2D eigenvalue weighted by molar-refractivity contribution is 0.738. The van der Waals surface area contributed by atoms with Gasteiger partial charge >= 0.3 is 0 Å². The predicted molar refractivity (Wildman–Crippen MR) is 102 cm³/mol. The summed E-state index contributed by atoms with van der Waals surface area (Å²) in [4.78, 5) is 9.23. The lowest BCUT2D eigenvalue weighted by Crippen LogP contribution is -2.20. The number of hydrogen-bond acceptors (Lipinski definition) is 6. The first kappa shape index (κ1) is 15.1. The Bertz CT molecular complexity index is 957. The van der Waals surface area contributed by atoms with Gasteiger partial charge in [-0.1, -0.05) is 24.3 Å². The summed E-state index contributed by atoms with van der Waals surface area (Å²) in [6.45, 7) is 4.15. The van der Waals surface area contributed by atoms with Crippen LogP contribution in [-0.4, -0.2) is 23.1 Å². The number of nitrogens with two attached hydrogens (primary N) is 2. The highest BCUT2D eigenvalue weighted by Gasteiger charge is 2.15. The molecule has 5 nitrogen and oxygen atoms in total. The fourth-order valence-electron chi connectivity index (χ4n) is 3.26. The largest absolute Gasteiger partial charge is 0.383 e. The van der Waals surface area contributed by atoms with Crippen LogP contribution in [0.25, 0.3) is 26.9 Å². The molecule has 0 saturated carbocycles. The Hall–Kier alpha value is -2.44. The molecule has 1 aliphatic rings. The maximum atomic E-state index is 6.08. The highest BCUT2D eigenvalue weighted by Crippen LogP contribution is 2.37. The van der Waals surface area contributed by atoms with Crippen LogP contribution < -0.4 is 16.8 Å². The topological polar surface area (TPSA) is 89.8 Å². The zero-order valence-corrected chi connectivity index (χ0v) is 14.3. The molecule has 0 spiro atoms. The van der Waals surface area contributed by atoms with Gasteiger partial charge in [-0.15, -0.1) is 11.3 Å². The van der Waals surface area contributed by atoms with Crippen LogP contribution in [0.3, 0.4) is 0 Å². The summed E-state index contributed by atoms with van der Waals surface area (Å²) in [5.41, 5.74) is 18.0. The second kappa shape index (κ2) is 5.89. The predicted octanol–water partition coefficient (Wildman–Crippen LogP) is 3.21. The van der Waals surface area contributed by atoms with Crippen LogP contribution in [0.1, 0.15) is 17.5 Å². The minimum Gasteiger partial charge on any atom is -0.383 e. The van der Waals surface area contributed by atoms with Crippen molar-refractivity contribution in [2.45, 2.75) is 13.3 Å². The third kappa shape index (κ3) is 2.53. The summed E-state index contributed by atoms with van der Waals surface area (Å²) in [7, 11) is 0. The molecular formula is C18H19N5S. The molecule has 2 aromatic heterocycles.